The van der Waals surface area contributed by atoms with Crippen LogP contribution in [0.3, 0.4) is 0 Å². The number of benzene rings is 2. The van der Waals surface area contributed by atoms with Crippen LogP contribution in [-0.2, 0) is 4.79 Å². The number of hydrogen-bond acceptors (Lipinski definition) is 3. The van der Waals surface area contributed by atoms with Crippen molar-refractivity contribution in [1.82, 2.24) is 5.32 Å². The highest BCUT2D eigenvalue weighted by Gasteiger charge is 2.23. The third-order valence-electron chi connectivity index (χ3n) is 4.06. The van der Waals surface area contributed by atoms with Crippen molar-refractivity contribution in [2.24, 2.45) is 5.92 Å². The zero-order valence-corrected chi connectivity index (χ0v) is 16.5. The van der Waals surface area contributed by atoms with E-state index in [0.29, 0.717) is 12.0 Å². The van der Waals surface area contributed by atoms with Crippen LogP contribution < -0.4 is 10.6 Å². The van der Waals surface area contributed by atoms with Crippen LogP contribution in [0.1, 0.15) is 36.2 Å². The average Bonchev–Trinajstić information content (AvgIpc) is 2.61. The molecule has 0 bridgehead atoms. The summed E-state index contributed by atoms with van der Waals surface area (Å²) in [5.74, 6) is -0.138. The highest BCUT2D eigenvalue weighted by atomic mass is 32.2. The fourth-order valence-corrected chi connectivity index (χ4v) is 3.16. The van der Waals surface area contributed by atoms with Crippen LogP contribution in [0.15, 0.2) is 53.4 Å². The largest absolute Gasteiger partial charge is 0.340 e. The lowest BCUT2D eigenvalue weighted by Crippen LogP contribution is -2.44. The maximum atomic E-state index is 12.8. The van der Waals surface area contributed by atoms with Gasteiger partial charge in [-0.05, 0) is 55.3 Å². The smallest absolute Gasteiger partial charge is 0.252 e. The van der Waals surface area contributed by atoms with E-state index >= 15 is 0 Å². The summed E-state index contributed by atoms with van der Waals surface area (Å²) >= 11 is 1.62. The summed E-state index contributed by atoms with van der Waals surface area (Å²) in [6.07, 6.45) is 2.57. The van der Waals surface area contributed by atoms with Gasteiger partial charge in [0.1, 0.15) is 6.04 Å². The molecule has 1 atom stereocenters. The summed E-state index contributed by atoms with van der Waals surface area (Å²) < 4.78 is 0. The third-order valence-corrected chi connectivity index (χ3v) is 4.78. The molecule has 4 nitrogen and oxygen atoms in total. The number of anilines is 1. The van der Waals surface area contributed by atoms with Crippen molar-refractivity contribution >= 4 is 29.3 Å². The first-order chi connectivity index (χ1) is 12.4. The summed E-state index contributed by atoms with van der Waals surface area (Å²) in [6.45, 7) is 5.96. The molecule has 5 heteroatoms. The van der Waals surface area contributed by atoms with Crippen molar-refractivity contribution in [2.75, 3.05) is 11.6 Å². The Morgan fingerprint density at radius 3 is 2.46 bits per heavy atom. The molecule has 0 spiro atoms. The van der Waals surface area contributed by atoms with Crippen LogP contribution in [0.25, 0.3) is 0 Å². The quantitative estimate of drug-likeness (QED) is 0.706. The van der Waals surface area contributed by atoms with E-state index in [1.165, 1.54) is 0 Å². The number of carbonyl (C=O) groups excluding carboxylic acids is 2. The van der Waals surface area contributed by atoms with Gasteiger partial charge >= 0.3 is 0 Å². The van der Waals surface area contributed by atoms with Crippen molar-refractivity contribution in [1.29, 1.82) is 0 Å². The van der Waals surface area contributed by atoms with Gasteiger partial charge in [0, 0.05) is 16.1 Å². The topological polar surface area (TPSA) is 58.2 Å². The Kier molecular flexibility index (Phi) is 7.27. The molecule has 2 aromatic rings. The Bertz CT molecular complexity index is 774. The predicted octanol–water partition coefficient (Wildman–Crippen LogP) is 4.50. The van der Waals surface area contributed by atoms with Gasteiger partial charge in [-0.3, -0.25) is 9.59 Å². The van der Waals surface area contributed by atoms with E-state index in [1.54, 1.807) is 17.8 Å². The zero-order valence-electron chi connectivity index (χ0n) is 15.7. The molecule has 0 aliphatic carbocycles. The van der Waals surface area contributed by atoms with E-state index in [2.05, 4.69) is 10.6 Å². The Balaban J connectivity index is 2.14. The number of hydrogen-bond donors (Lipinski definition) is 2. The third kappa shape index (κ3) is 5.63. The van der Waals surface area contributed by atoms with Crippen molar-refractivity contribution in [3.63, 3.8) is 0 Å². The number of carbonyl (C=O) groups is 2. The van der Waals surface area contributed by atoms with Gasteiger partial charge in [0.05, 0.1) is 0 Å². The van der Waals surface area contributed by atoms with E-state index in [0.717, 1.165) is 16.1 Å². The minimum Gasteiger partial charge on any atom is -0.340 e. The fraction of sp³-hybridized carbons (Fsp3) is 0.333. The average molecular weight is 371 g/mol. The molecule has 0 aliphatic heterocycles. The van der Waals surface area contributed by atoms with E-state index in [9.17, 15) is 9.59 Å². The molecule has 0 saturated heterocycles. The lowest BCUT2D eigenvalue weighted by Gasteiger charge is -2.21. The van der Waals surface area contributed by atoms with Gasteiger partial charge in [-0.15, -0.1) is 11.8 Å². The lowest BCUT2D eigenvalue weighted by molar-refractivity contribution is -0.118. The van der Waals surface area contributed by atoms with Gasteiger partial charge in [0.2, 0.25) is 5.91 Å². The summed E-state index contributed by atoms with van der Waals surface area (Å²) in [6, 6.07) is 14.5. The lowest BCUT2D eigenvalue weighted by atomic mass is 10.0. The number of nitrogens with one attached hydrogen (secondary N) is 2. The second-order valence-electron chi connectivity index (χ2n) is 6.69. The molecule has 0 fully saturated rings. The molecule has 0 saturated carbocycles. The summed E-state index contributed by atoms with van der Waals surface area (Å²) in [4.78, 5) is 26.5. The van der Waals surface area contributed by atoms with Gasteiger partial charge in [-0.1, -0.05) is 38.1 Å². The molecule has 2 N–H and O–H groups in total. The van der Waals surface area contributed by atoms with E-state index in [-0.39, 0.29) is 17.7 Å². The van der Waals surface area contributed by atoms with Crippen LogP contribution in [0.5, 0.6) is 0 Å². The van der Waals surface area contributed by atoms with Crippen LogP contribution in [0.4, 0.5) is 5.69 Å². The standard InChI is InChI=1S/C21H26N2O2S/c1-14(2)12-19(23-20(24)18-11-6-5-8-15(18)3)21(25)22-16-9-7-10-17(13-16)26-4/h5-11,13-14,19H,12H2,1-4H3,(H,22,25)(H,23,24)/t19-/m0/s1. The molecule has 138 valence electrons. The highest BCUT2D eigenvalue weighted by Crippen LogP contribution is 2.19. The Labute approximate surface area is 159 Å². The van der Waals surface area contributed by atoms with Gasteiger partial charge in [0.15, 0.2) is 0 Å². The van der Waals surface area contributed by atoms with E-state index < -0.39 is 6.04 Å². The van der Waals surface area contributed by atoms with Crippen molar-refractivity contribution in [3.8, 4) is 0 Å². The second kappa shape index (κ2) is 9.43. The molecule has 2 aromatic carbocycles. The van der Waals surface area contributed by atoms with Crippen molar-refractivity contribution in [3.05, 3.63) is 59.7 Å². The first-order valence-corrected chi connectivity index (χ1v) is 9.94. The number of amides is 2. The Morgan fingerprint density at radius 2 is 1.81 bits per heavy atom. The maximum absolute atomic E-state index is 12.8. The van der Waals surface area contributed by atoms with Gasteiger partial charge in [-0.2, -0.15) is 0 Å². The maximum Gasteiger partial charge on any atom is 0.252 e. The highest BCUT2D eigenvalue weighted by molar-refractivity contribution is 7.98. The Morgan fingerprint density at radius 1 is 1.08 bits per heavy atom. The first kappa shape index (κ1) is 20.0. The molecular weight excluding hydrogens is 344 g/mol. The molecule has 0 radical (unpaired) electrons. The summed E-state index contributed by atoms with van der Waals surface area (Å²) in [5.41, 5.74) is 2.22. The van der Waals surface area contributed by atoms with Gasteiger partial charge in [0.25, 0.3) is 5.91 Å². The number of aryl methyl sites for hydroxylation is 1. The number of thioether (sulfide) groups is 1. The van der Waals surface area contributed by atoms with E-state index in [1.807, 2.05) is 69.5 Å². The van der Waals surface area contributed by atoms with E-state index in [4.69, 9.17) is 0 Å². The minimum absolute atomic E-state index is 0.195. The number of rotatable bonds is 7. The molecular formula is C21H26N2O2S. The first-order valence-electron chi connectivity index (χ1n) is 8.72. The molecule has 0 aliphatic rings. The Hall–Kier alpha value is -2.27. The van der Waals surface area contributed by atoms with Gasteiger partial charge in [-0.25, -0.2) is 0 Å². The SMILES string of the molecule is CSc1cccc(NC(=O)[C@H](CC(C)C)NC(=O)c2ccccc2C)c1. The molecule has 0 unspecified atom stereocenters. The van der Waals surface area contributed by atoms with Crippen LogP contribution in [-0.4, -0.2) is 24.1 Å². The minimum atomic E-state index is -0.583. The monoisotopic (exact) mass is 370 g/mol. The van der Waals surface area contributed by atoms with Crippen LogP contribution in [0.2, 0.25) is 0 Å². The summed E-state index contributed by atoms with van der Waals surface area (Å²) in [7, 11) is 0. The van der Waals surface area contributed by atoms with Crippen LogP contribution in [0, 0.1) is 12.8 Å². The molecule has 26 heavy (non-hydrogen) atoms. The predicted molar refractivity (Wildman–Crippen MR) is 109 cm³/mol. The molecule has 2 rings (SSSR count). The normalized spacial score (nSPS) is 11.9. The zero-order chi connectivity index (χ0) is 19.1. The van der Waals surface area contributed by atoms with Crippen molar-refractivity contribution in [2.45, 2.75) is 38.1 Å². The van der Waals surface area contributed by atoms with Gasteiger partial charge < -0.3 is 10.6 Å². The summed E-state index contributed by atoms with van der Waals surface area (Å²) in [5, 5.41) is 5.82. The molecule has 2 amide bonds. The van der Waals surface area contributed by atoms with Crippen LogP contribution >= 0.6 is 11.8 Å². The molecule has 0 aromatic heterocycles. The van der Waals surface area contributed by atoms with Crippen molar-refractivity contribution < 1.29 is 9.59 Å². The second-order valence-corrected chi connectivity index (χ2v) is 7.57. The fourth-order valence-electron chi connectivity index (χ4n) is 2.70. The molecule has 0 heterocycles.